The molecular weight excluding hydrogens is 198 g/mol. The molecule has 0 radical (unpaired) electrons. The van der Waals surface area contributed by atoms with Crippen molar-refractivity contribution in [2.45, 2.75) is 33.2 Å². The third-order valence-electron chi connectivity index (χ3n) is 3.02. The molecule has 0 amide bonds. The molecule has 98 valence electrons. The van der Waals surface area contributed by atoms with Gasteiger partial charge in [-0.15, -0.1) is 0 Å². The highest BCUT2D eigenvalue weighted by Crippen LogP contribution is 2.08. The van der Waals surface area contributed by atoms with E-state index in [2.05, 4.69) is 57.0 Å². The van der Waals surface area contributed by atoms with Crippen molar-refractivity contribution in [2.24, 2.45) is 5.92 Å². The number of likely N-dealkylation sites (N-methyl/N-ethyl adjacent to an activating group) is 2. The van der Waals surface area contributed by atoms with Crippen molar-refractivity contribution < 1.29 is 0 Å². The Morgan fingerprint density at radius 1 is 1.06 bits per heavy atom. The summed E-state index contributed by atoms with van der Waals surface area (Å²) in [4.78, 5) is 4.72. The average Bonchev–Trinajstić information content (AvgIpc) is 2.20. The quantitative estimate of drug-likeness (QED) is 0.605. The normalized spacial score (nSPS) is 14.1. The molecule has 0 heterocycles. The molecule has 0 aliphatic carbocycles. The molecule has 0 spiro atoms. The van der Waals surface area contributed by atoms with Crippen LogP contribution in [0, 0.1) is 5.92 Å². The van der Waals surface area contributed by atoms with E-state index in [1.807, 2.05) is 0 Å². The molecule has 1 unspecified atom stereocenters. The minimum atomic E-state index is 0.645. The average molecular weight is 229 g/mol. The van der Waals surface area contributed by atoms with Gasteiger partial charge in [0, 0.05) is 25.7 Å². The zero-order valence-electron chi connectivity index (χ0n) is 12.1. The van der Waals surface area contributed by atoms with Gasteiger partial charge in [-0.05, 0) is 40.0 Å². The Morgan fingerprint density at radius 2 is 1.69 bits per heavy atom. The Kier molecular flexibility index (Phi) is 8.90. The van der Waals surface area contributed by atoms with Crippen LogP contribution < -0.4 is 5.32 Å². The van der Waals surface area contributed by atoms with Gasteiger partial charge < -0.3 is 15.1 Å². The molecule has 3 nitrogen and oxygen atoms in total. The van der Waals surface area contributed by atoms with E-state index in [4.69, 9.17) is 0 Å². The Labute approximate surface area is 102 Å². The predicted octanol–water partition coefficient (Wildman–Crippen LogP) is 1.50. The van der Waals surface area contributed by atoms with Crippen molar-refractivity contribution in [3.05, 3.63) is 0 Å². The predicted molar refractivity (Wildman–Crippen MR) is 73.0 cm³/mol. The number of hydrogen-bond donors (Lipinski definition) is 1. The van der Waals surface area contributed by atoms with Crippen LogP contribution in [0.2, 0.25) is 0 Å². The van der Waals surface area contributed by atoms with Gasteiger partial charge in [-0.1, -0.05) is 20.8 Å². The molecule has 0 saturated heterocycles. The van der Waals surface area contributed by atoms with Gasteiger partial charge in [-0.3, -0.25) is 0 Å². The highest BCUT2D eigenvalue weighted by atomic mass is 15.2. The molecule has 0 saturated carbocycles. The van der Waals surface area contributed by atoms with Gasteiger partial charge in [0.05, 0.1) is 0 Å². The number of hydrogen-bond acceptors (Lipinski definition) is 3. The van der Waals surface area contributed by atoms with Gasteiger partial charge in [-0.25, -0.2) is 0 Å². The summed E-state index contributed by atoms with van der Waals surface area (Å²) in [7, 11) is 6.50. The van der Waals surface area contributed by atoms with Crippen molar-refractivity contribution in [3.8, 4) is 0 Å². The highest BCUT2D eigenvalue weighted by Gasteiger charge is 2.17. The lowest BCUT2D eigenvalue weighted by Crippen LogP contribution is -2.45. The number of rotatable bonds is 9. The fraction of sp³-hybridized carbons (Fsp3) is 1.00. The zero-order valence-corrected chi connectivity index (χ0v) is 12.1. The summed E-state index contributed by atoms with van der Waals surface area (Å²) >= 11 is 0. The topological polar surface area (TPSA) is 18.5 Å². The summed E-state index contributed by atoms with van der Waals surface area (Å²) < 4.78 is 0. The Bertz CT molecular complexity index is 157. The summed E-state index contributed by atoms with van der Waals surface area (Å²) in [5.74, 6) is 0.705. The van der Waals surface area contributed by atoms with Crippen LogP contribution in [0.3, 0.4) is 0 Å². The maximum Gasteiger partial charge on any atom is 0.0241 e. The molecule has 0 aliphatic heterocycles. The molecule has 1 N–H and O–H groups in total. The third-order valence-corrected chi connectivity index (χ3v) is 3.02. The lowest BCUT2D eigenvalue weighted by atomic mass is 10.0. The van der Waals surface area contributed by atoms with Crippen LogP contribution in [0.1, 0.15) is 27.2 Å². The first-order chi connectivity index (χ1) is 7.49. The zero-order chi connectivity index (χ0) is 12.6. The van der Waals surface area contributed by atoms with E-state index in [1.54, 1.807) is 0 Å². The maximum absolute atomic E-state index is 3.53. The monoisotopic (exact) mass is 229 g/mol. The van der Waals surface area contributed by atoms with Crippen LogP contribution >= 0.6 is 0 Å². The first kappa shape index (κ1) is 15.9. The largest absolute Gasteiger partial charge is 0.315 e. The maximum atomic E-state index is 3.53. The molecule has 0 fully saturated rings. The van der Waals surface area contributed by atoms with E-state index < -0.39 is 0 Å². The lowest BCUT2D eigenvalue weighted by Gasteiger charge is -2.32. The van der Waals surface area contributed by atoms with Crippen molar-refractivity contribution in [1.29, 1.82) is 0 Å². The van der Waals surface area contributed by atoms with E-state index in [0.29, 0.717) is 12.0 Å². The fourth-order valence-corrected chi connectivity index (χ4v) is 1.85. The molecule has 3 heteroatoms. The summed E-state index contributed by atoms with van der Waals surface area (Å²) in [5.41, 5.74) is 0. The van der Waals surface area contributed by atoms with Gasteiger partial charge in [0.25, 0.3) is 0 Å². The van der Waals surface area contributed by atoms with Gasteiger partial charge in [0.1, 0.15) is 0 Å². The van der Waals surface area contributed by atoms with Crippen LogP contribution in [-0.4, -0.2) is 63.2 Å². The Morgan fingerprint density at radius 3 is 2.12 bits per heavy atom. The number of nitrogens with one attached hydrogen (secondary N) is 1. The molecule has 0 bridgehead atoms. The molecule has 16 heavy (non-hydrogen) atoms. The first-order valence-electron chi connectivity index (χ1n) is 6.54. The third kappa shape index (κ3) is 7.20. The molecule has 0 aromatic heterocycles. The summed E-state index contributed by atoms with van der Waals surface area (Å²) in [6.45, 7) is 11.3. The van der Waals surface area contributed by atoms with Crippen molar-refractivity contribution >= 4 is 0 Å². The second kappa shape index (κ2) is 8.97. The van der Waals surface area contributed by atoms with Crippen LogP contribution in [0.4, 0.5) is 0 Å². The molecular formula is C13H31N3. The summed E-state index contributed by atoms with van der Waals surface area (Å²) in [6.07, 6.45) is 1.21. The van der Waals surface area contributed by atoms with E-state index in [0.717, 1.165) is 26.2 Å². The molecule has 0 aromatic carbocycles. The van der Waals surface area contributed by atoms with Crippen LogP contribution in [0.25, 0.3) is 0 Å². The van der Waals surface area contributed by atoms with Crippen LogP contribution in [0.15, 0.2) is 0 Å². The second-order valence-electron chi connectivity index (χ2n) is 5.30. The Hall–Kier alpha value is -0.120. The van der Waals surface area contributed by atoms with E-state index >= 15 is 0 Å². The highest BCUT2D eigenvalue weighted by molar-refractivity contribution is 4.75. The van der Waals surface area contributed by atoms with Gasteiger partial charge in [0.15, 0.2) is 0 Å². The van der Waals surface area contributed by atoms with Crippen molar-refractivity contribution in [3.63, 3.8) is 0 Å². The minimum Gasteiger partial charge on any atom is -0.315 e. The summed E-state index contributed by atoms with van der Waals surface area (Å²) in [5, 5.41) is 3.53. The number of nitrogens with zero attached hydrogens (tertiary/aromatic N) is 2. The van der Waals surface area contributed by atoms with Crippen LogP contribution in [0.5, 0.6) is 0 Å². The smallest absolute Gasteiger partial charge is 0.0241 e. The molecule has 0 aromatic rings. The fourth-order valence-electron chi connectivity index (χ4n) is 1.85. The standard InChI is InChI=1S/C13H31N3/c1-7-8-14-11-13(12(2)3)16(6)10-9-15(4)5/h12-14H,7-11H2,1-6H3. The van der Waals surface area contributed by atoms with Gasteiger partial charge >= 0.3 is 0 Å². The molecule has 1 atom stereocenters. The second-order valence-corrected chi connectivity index (χ2v) is 5.30. The van der Waals surface area contributed by atoms with E-state index in [9.17, 15) is 0 Å². The van der Waals surface area contributed by atoms with Gasteiger partial charge in [-0.2, -0.15) is 0 Å². The summed E-state index contributed by atoms with van der Waals surface area (Å²) in [6, 6.07) is 0.645. The molecule has 0 aliphatic rings. The molecule has 0 rings (SSSR count). The van der Waals surface area contributed by atoms with E-state index in [1.165, 1.54) is 6.42 Å². The van der Waals surface area contributed by atoms with Crippen molar-refractivity contribution in [2.75, 3.05) is 47.3 Å². The van der Waals surface area contributed by atoms with Gasteiger partial charge in [0.2, 0.25) is 0 Å². The minimum absolute atomic E-state index is 0.645. The lowest BCUT2D eigenvalue weighted by molar-refractivity contribution is 0.172. The SMILES string of the molecule is CCCNCC(C(C)C)N(C)CCN(C)C. The van der Waals surface area contributed by atoms with E-state index in [-0.39, 0.29) is 0 Å². The Balaban J connectivity index is 3.97. The van der Waals surface area contributed by atoms with Crippen molar-refractivity contribution in [1.82, 2.24) is 15.1 Å². The first-order valence-corrected chi connectivity index (χ1v) is 6.54. The van der Waals surface area contributed by atoms with Crippen LogP contribution in [-0.2, 0) is 0 Å².